The minimum Gasteiger partial charge on any atom is -0.457 e. The molecule has 0 bridgehead atoms. The predicted octanol–water partition coefficient (Wildman–Crippen LogP) is 8.38. The van der Waals surface area contributed by atoms with Gasteiger partial charge in [0, 0.05) is 19.0 Å². The highest BCUT2D eigenvalue weighted by molar-refractivity contribution is 7.92. The van der Waals surface area contributed by atoms with Crippen molar-refractivity contribution in [1.82, 2.24) is 10.2 Å². The normalized spacial score (nSPS) is 13.8. The largest absolute Gasteiger partial charge is 0.457 e. The summed E-state index contributed by atoms with van der Waals surface area (Å²) >= 11 is 0. The second-order valence-corrected chi connectivity index (χ2v) is 15.7. The molecule has 0 radical (unpaired) electrons. The summed E-state index contributed by atoms with van der Waals surface area (Å²) in [5.41, 5.74) is 4.00. The highest BCUT2D eigenvalue weighted by Crippen LogP contribution is 2.29. The highest BCUT2D eigenvalue weighted by Gasteiger charge is 2.35. The van der Waals surface area contributed by atoms with Crippen molar-refractivity contribution >= 4 is 27.5 Å². The molecule has 0 unspecified atom stereocenters. The van der Waals surface area contributed by atoms with Crippen LogP contribution in [0, 0.1) is 13.8 Å². The van der Waals surface area contributed by atoms with Crippen molar-refractivity contribution in [2.24, 2.45) is 0 Å². The van der Waals surface area contributed by atoms with E-state index in [4.69, 9.17) is 4.74 Å². The van der Waals surface area contributed by atoms with E-state index in [9.17, 15) is 18.0 Å². The third-order valence-corrected chi connectivity index (χ3v) is 11.5. The molecule has 1 fully saturated rings. The van der Waals surface area contributed by atoms with Gasteiger partial charge in [-0.3, -0.25) is 13.9 Å². The second kappa shape index (κ2) is 17.4. The second-order valence-electron chi connectivity index (χ2n) is 13.8. The van der Waals surface area contributed by atoms with Gasteiger partial charge in [-0.1, -0.05) is 115 Å². The molecule has 5 aromatic rings. The number of hydrogen-bond donors (Lipinski definition) is 1. The van der Waals surface area contributed by atoms with E-state index in [1.165, 1.54) is 0 Å². The zero-order valence-corrected chi connectivity index (χ0v) is 31.2. The summed E-state index contributed by atoms with van der Waals surface area (Å²) < 4.78 is 36.1. The van der Waals surface area contributed by atoms with Crippen LogP contribution in [-0.4, -0.2) is 43.8 Å². The Morgan fingerprint density at radius 1 is 0.698 bits per heavy atom. The maximum absolute atomic E-state index is 14.9. The molecule has 9 heteroatoms. The first kappa shape index (κ1) is 37.4. The van der Waals surface area contributed by atoms with Crippen molar-refractivity contribution in [2.45, 2.75) is 75.9 Å². The van der Waals surface area contributed by atoms with Gasteiger partial charge in [0.05, 0.1) is 10.6 Å². The lowest BCUT2D eigenvalue weighted by Gasteiger charge is -2.35. The average Bonchev–Trinajstić information content (AvgIpc) is 3.17. The monoisotopic (exact) mass is 729 g/mol. The Balaban J connectivity index is 1.38. The summed E-state index contributed by atoms with van der Waals surface area (Å²) in [5, 5.41) is 3.26. The molecule has 53 heavy (non-hydrogen) atoms. The van der Waals surface area contributed by atoms with Gasteiger partial charge in [0.15, 0.2) is 0 Å². The number of anilines is 1. The van der Waals surface area contributed by atoms with Crippen LogP contribution in [0.5, 0.6) is 11.5 Å². The van der Waals surface area contributed by atoms with Crippen LogP contribution in [0.25, 0.3) is 0 Å². The third-order valence-electron chi connectivity index (χ3n) is 9.69. The molecule has 5 aromatic carbocycles. The number of para-hydroxylation sites is 1. The molecule has 1 N–H and O–H groups in total. The molecule has 0 aromatic heterocycles. The smallest absolute Gasteiger partial charge is 0.264 e. The van der Waals surface area contributed by atoms with Gasteiger partial charge in [0.2, 0.25) is 11.8 Å². The molecule has 1 saturated carbocycles. The van der Waals surface area contributed by atoms with E-state index >= 15 is 0 Å². The fourth-order valence-corrected chi connectivity index (χ4v) is 8.07. The Morgan fingerprint density at radius 3 is 1.89 bits per heavy atom. The number of nitrogens with zero attached hydrogens (tertiary/aromatic N) is 2. The molecule has 0 heterocycles. The first-order chi connectivity index (χ1) is 25.7. The minimum atomic E-state index is -4.23. The maximum atomic E-state index is 14.9. The highest BCUT2D eigenvalue weighted by atomic mass is 32.2. The van der Waals surface area contributed by atoms with Crippen molar-refractivity contribution in [3.05, 3.63) is 156 Å². The van der Waals surface area contributed by atoms with Crippen molar-refractivity contribution < 1.29 is 22.7 Å². The van der Waals surface area contributed by atoms with Crippen LogP contribution < -0.4 is 14.4 Å². The lowest BCUT2D eigenvalue weighted by Crippen LogP contribution is -2.55. The molecule has 274 valence electrons. The quantitative estimate of drug-likeness (QED) is 0.124. The summed E-state index contributed by atoms with van der Waals surface area (Å²) in [4.78, 5) is 30.8. The van der Waals surface area contributed by atoms with Gasteiger partial charge in [0.25, 0.3) is 10.0 Å². The number of aryl methyl sites for hydroxylation is 2. The van der Waals surface area contributed by atoms with Crippen molar-refractivity contribution in [3.63, 3.8) is 0 Å². The maximum Gasteiger partial charge on any atom is 0.264 e. The molecule has 8 nitrogen and oxygen atoms in total. The van der Waals surface area contributed by atoms with E-state index in [0.29, 0.717) is 17.2 Å². The molecule has 1 aliphatic rings. The van der Waals surface area contributed by atoms with E-state index in [0.717, 1.165) is 58.7 Å². The summed E-state index contributed by atoms with van der Waals surface area (Å²) in [7, 11) is -4.23. The van der Waals surface area contributed by atoms with Crippen LogP contribution in [0.3, 0.4) is 0 Å². The van der Waals surface area contributed by atoms with Gasteiger partial charge < -0.3 is 15.0 Å². The molecular weight excluding hydrogens is 683 g/mol. The zero-order valence-electron chi connectivity index (χ0n) is 30.4. The molecule has 0 aliphatic heterocycles. The molecule has 0 spiro atoms. The standard InChI is InChI=1S/C44H47N3O5S/c1-33-18-22-36(23-19-33)31-46(42(30-35-12-6-3-7-13-35)44(49)45-37-14-8-4-9-15-37)43(48)32-47(53(50,51)41-28-20-34(2)21-29-41)38-24-26-40(27-25-38)52-39-16-10-5-11-17-39/h3,5-7,10-13,16-29,37,42H,4,8-9,14-15,30-32H2,1-2H3,(H,45,49)/t42-/m0/s1. The Kier molecular flexibility index (Phi) is 12.3. The number of sulfonamides is 1. The van der Waals surface area contributed by atoms with Crippen LogP contribution in [0.15, 0.2) is 138 Å². The molecule has 1 atom stereocenters. The number of amides is 2. The van der Waals surface area contributed by atoms with Crippen LogP contribution >= 0.6 is 0 Å². The lowest BCUT2D eigenvalue weighted by molar-refractivity contribution is -0.140. The summed E-state index contributed by atoms with van der Waals surface area (Å²) in [6.07, 6.45) is 5.28. The van der Waals surface area contributed by atoms with Gasteiger partial charge in [-0.25, -0.2) is 8.42 Å². The van der Waals surface area contributed by atoms with Crippen molar-refractivity contribution in [3.8, 4) is 11.5 Å². The van der Waals surface area contributed by atoms with Crippen LogP contribution in [-0.2, 0) is 32.6 Å². The zero-order chi connectivity index (χ0) is 37.2. The van der Waals surface area contributed by atoms with Crippen LogP contribution in [0.2, 0.25) is 0 Å². The first-order valence-electron chi connectivity index (χ1n) is 18.3. The number of ether oxygens (including phenoxy) is 1. The number of rotatable bonds is 14. The summed E-state index contributed by atoms with van der Waals surface area (Å²) in [6.45, 7) is 3.48. The van der Waals surface area contributed by atoms with Gasteiger partial charge >= 0.3 is 0 Å². The lowest BCUT2D eigenvalue weighted by atomic mass is 9.94. The number of hydrogen-bond acceptors (Lipinski definition) is 5. The van der Waals surface area contributed by atoms with Crippen LogP contribution in [0.1, 0.15) is 54.4 Å². The Hall–Kier alpha value is -5.41. The van der Waals surface area contributed by atoms with Gasteiger partial charge in [-0.15, -0.1) is 0 Å². The number of carbonyl (C=O) groups is 2. The Labute approximate surface area is 313 Å². The number of nitrogens with one attached hydrogen (secondary N) is 1. The molecular formula is C44H47N3O5S. The van der Waals surface area contributed by atoms with E-state index < -0.39 is 28.5 Å². The molecule has 0 saturated heterocycles. The fourth-order valence-electron chi connectivity index (χ4n) is 6.66. The van der Waals surface area contributed by atoms with Gasteiger partial charge in [-0.05, 0) is 86.3 Å². The topological polar surface area (TPSA) is 96.0 Å². The van der Waals surface area contributed by atoms with Gasteiger partial charge in [-0.2, -0.15) is 0 Å². The van der Waals surface area contributed by atoms with Crippen molar-refractivity contribution in [2.75, 3.05) is 10.8 Å². The number of carbonyl (C=O) groups excluding carboxylic acids is 2. The Bertz CT molecular complexity index is 2050. The third kappa shape index (κ3) is 9.93. The molecule has 2 amide bonds. The van der Waals surface area contributed by atoms with Crippen LogP contribution in [0.4, 0.5) is 5.69 Å². The average molecular weight is 730 g/mol. The fraction of sp³-hybridized carbons (Fsp3) is 0.273. The SMILES string of the molecule is Cc1ccc(CN(C(=O)CN(c2ccc(Oc3ccccc3)cc2)S(=O)(=O)c2ccc(C)cc2)[C@@H](Cc2ccccc2)C(=O)NC2CCCCC2)cc1. The molecule has 6 rings (SSSR count). The van der Waals surface area contributed by atoms with E-state index in [-0.39, 0.29) is 29.8 Å². The summed E-state index contributed by atoms with van der Waals surface area (Å²) in [5.74, 6) is 0.423. The van der Waals surface area contributed by atoms with E-state index in [1.54, 1.807) is 53.4 Å². The Morgan fingerprint density at radius 2 is 1.26 bits per heavy atom. The molecule has 1 aliphatic carbocycles. The minimum absolute atomic E-state index is 0.0286. The predicted molar refractivity (Wildman–Crippen MR) is 209 cm³/mol. The summed E-state index contributed by atoms with van der Waals surface area (Å²) in [6, 6.07) is 39.1. The number of benzene rings is 5. The van der Waals surface area contributed by atoms with E-state index in [1.807, 2.05) is 98.8 Å². The van der Waals surface area contributed by atoms with Crippen molar-refractivity contribution in [1.29, 1.82) is 0 Å². The van der Waals surface area contributed by atoms with Gasteiger partial charge in [0.1, 0.15) is 24.1 Å². The first-order valence-corrected chi connectivity index (χ1v) is 19.7. The van der Waals surface area contributed by atoms with E-state index in [2.05, 4.69) is 5.32 Å².